The lowest BCUT2D eigenvalue weighted by Gasteiger charge is -2.13. The molecule has 1 heterocycles. The Morgan fingerprint density at radius 1 is 0.944 bits per heavy atom. The summed E-state index contributed by atoms with van der Waals surface area (Å²) in [4.78, 5) is 4.13. The third-order valence-electron chi connectivity index (χ3n) is 2.50. The second-order valence-corrected chi connectivity index (χ2v) is 4.00. The molecule has 18 heavy (non-hydrogen) atoms. The van der Waals surface area contributed by atoms with Crippen LogP contribution >= 0.6 is 0 Å². The summed E-state index contributed by atoms with van der Waals surface area (Å²) in [6.45, 7) is 0.973. The molecule has 1 aromatic heterocycles. The Balaban J connectivity index is 1.71. The smallest absolute Gasteiger partial charge is 0.125 e. The van der Waals surface area contributed by atoms with Gasteiger partial charge in [-0.2, -0.15) is 0 Å². The molecule has 3 N–H and O–H groups in total. The molecule has 0 aliphatic carbocycles. The lowest BCUT2D eigenvalue weighted by atomic mass is 10.3. The van der Waals surface area contributed by atoms with Crippen LogP contribution in [0.25, 0.3) is 0 Å². The van der Waals surface area contributed by atoms with Crippen molar-refractivity contribution in [2.75, 3.05) is 23.7 Å². The number of hydrogen-bond donors (Lipinski definition) is 3. The van der Waals surface area contributed by atoms with Gasteiger partial charge in [-0.05, 0) is 24.3 Å². The predicted molar refractivity (Wildman–Crippen MR) is 73.7 cm³/mol. The Labute approximate surface area is 107 Å². The van der Waals surface area contributed by atoms with E-state index in [9.17, 15) is 5.11 Å². The van der Waals surface area contributed by atoms with Gasteiger partial charge < -0.3 is 15.7 Å². The van der Waals surface area contributed by atoms with E-state index in [1.165, 1.54) is 0 Å². The van der Waals surface area contributed by atoms with Gasteiger partial charge in [-0.25, -0.2) is 4.98 Å². The van der Waals surface area contributed by atoms with E-state index in [0.717, 1.165) is 11.5 Å². The van der Waals surface area contributed by atoms with Gasteiger partial charge >= 0.3 is 0 Å². The van der Waals surface area contributed by atoms with Crippen LogP contribution in [-0.2, 0) is 0 Å². The molecule has 94 valence electrons. The quantitative estimate of drug-likeness (QED) is 0.726. The molecule has 0 aliphatic heterocycles. The number of aliphatic hydroxyl groups is 1. The van der Waals surface area contributed by atoms with E-state index in [-0.39, 0.29) is 0 Å². The van der Waals surface area contributed by atoms with E-state index in [4.69, 9.17) is 0 Å². The molecule has 2 aromatic rings. The number of aliphatic hydroxyl groups excluding tert-OH is 1. The number of para-hydroxylation sites is 1. The van der Waals surface area contributed by atoms with Crippen LogP contribution in [0.4, 0.5) is 11.5 Å². The molecule has 0 aliphatic rings. The predicted octanol–water partition coefficient (Wildman–Crippen LogP) is 1.97. The van der Waals surface area contributed by atoms with Gasteiger partial charge in [0.1, 0.15) is 5.82 Å². The fourth-order valence-corrected chi connectivity index (χ4v) is 1.55. The highest BCUT2D eigenvalue weighted by molar-refractivity contribution is 5.42. The molecule has 0 saturated heterocycles. The molecule has 1 atom stereocenters. The third-order valence-corrected chi connectivity index (χ3v) is 2.50. The average Bonchev–Trinajstić information content (AvgIpc) is 2.45. The van der Waals surface area contributed by atoms with E-state index >= 15 is 0 Å². The first-order valence-corrected chi connectivity index (χ1v) is 5.96. The minimum absolute atomic E-state index is 0.466. The second kappa shape index (κ2) is 6.61. The maximum absolute atomic E-state index is 9.82. The van der Waals surface area contributed by atoms with Crippen molar-refractivity contribution >= 4 is 11.5 Å². The van der Waals surface area contributed by atoms with Crippen LogP contribution in [0.2, 0.25) is 0 Å². The zero-order chi connectivity index (χ0) is 12.6. The molecule has 0 fully saturated rings. The normalized spacial score (nSPS) is 11.8. The number of hydrogen-bond acceptors (Lipinski definition) is 4. The molecule has 0 spiro atoms. The van der Waals surface area contributed by atoms with Gasteiger partial charge in [0.2, 0.25) is 0 Å². The molecule has 1 unspecified atom stereocenters. The molecule has 1 aromatic carbocycles. The van der Waals surface area contributed by atoms with Crippen molar-refractivity contribution in [2.24, 2.45) is 0 Å². The van der Waals surface area contributed by atoms with Crippen molar-refractivity contribution in [1.82, 2.24) is 4.98 Å². The van der Waals surface area contributed by atoms with Crippen LogP contribution in [0.5, 0.6) is 0 Å². The van der Waals surface area contributed by atoms with Crippen molar-refractivity contribution in [1.29, 1.82) is 0 Å². The summed E-state index contributed by atoms with van der Waals surface area (Å²) in [5.41, 5.74) is 1.01. The van der Waals surface area contributed by atoms with Crippen LogP contribution in [0.15, 0.2) is 54.7 Å². The first-order valence-electron chi connectivity index (χ1n) is 5.96. The van der Waals surface area contributed by atoms with Crippen molar-refractivity contribution in [2.45, 2.75) is 6.10 Å². The van der Waals surface area contributed by atoms with Gasteiger partial charge in [0.15, 0.2) is 0 Å². The van der Waals surface area contributed by atoms with E-state index in [1.54, 1.807) is 6.20 Å². The standard InChI is InChI=1S/C14H17N3O/c18-13(10-16-12-6-2-1-3-7-12)11-17-14-8-4-5-9-15-14/h1-9,13,16,18H,10-11H2,(H,15,17). The summed E-state index contributed by atoms with van der Waals surface area (Å²) in [5, 5.41) is 16.1. The van der Waals surface area contributed by atoms with Crippen LogP contribution in [0, 0.1) is 0 Å². The highest BCUT2D eigenvalue weighted by Gasteiger charge is 2.03. The minimum atomic E-state index is -0.466. The number of rotatable bonds is 6. The maximum atomic E-state index is 9.82. The second-order valence-electron chi connectivity index (χ2n) is 4.00. The van der Waals surface area contributed by atoms with E-state index in [2.05, 4.69) is 15.6 Å². The van der Waals surface area contributed by atoms with Crippen molar-refractivity contribution in [3.05, 3.63) is 54.7 Å². The summed E-state index contributed by atoms with van der Waals surface area (Å²) in [6.07, 6.45) is 1.25. The number of benzene rings is 1. The monoisotopic (exact) mass is 243 g/mol. The summed E-state index contributed by atoms with van der Waals surface area (Å²) in [5.74, 6) is 0.774. The summed E-state index contributed by atoms with van der Waals surface area (Å²) in [7, 11) is 0. The Morgan fingerprint density at radius 2 is 1.67 bits per heavy atom. The number of pyridine rings is 1. The summed E-state index contributed by atoms with van der Waals surface area (Å²) >= 11 is 0. The number of anilines is 2. The van der Waals surface area contributed by atoms with Gasteiger partial charge in [0, 0.05) is 25.0 Å². The van der Waals surface area contributed by atoms with E-state index in [1.807, 2.05) is 48.5 Å². The number of nitrogens with zero attached hydrogens (tertiary/aromatic N) is 1. The zero-order valence-corrected chi connectivity index (χ0v) is 10.1. The highest BCUT2D eigenvalue weighted by Crippen LogP contribution is 2.05. The molecule has 0 radical (unpaired) electrons. The van der Waals surface area contributed by atoms with Gasteiger partial charge in [0.05, 0.1) is 6.10 Å². The van der Waals surface area contributed by atoms with Crippen LogP contribution in [0.1, 0.15) is 0 Å². The summed E-state index contributed by atoms with van der Waals surface area (Å²) in [6, 6.07) is 15.5. The van der Waals surface area contributed by atoms with Gasteiger partial charge in [-0.15, -0.1) is 0 Å². The Hall–Kier alpha value is -2.07. The molecule has 2 rings (SSSR count). The van der Waals surface area contributed by atoms with Gasteiger partial charge in [-0.1, -0.05) is 24.3 Å². The first kappa shape index (κ1) is 12.4. The molecule has 0 bridgehead atoms. The first-order chi connectivity index (χ1) is 8.84. The average molecular weight is 243 g/mol. The SMILES string of the molecule is OC(CNc1ccccc1)CNc1ccccn1. The van der Waals surface area contributed by atoms with Crippen molar-refractivity contribution in [3.8, 4) is 0 Å². The van der Waals surface area contributed by atoms with Crippen LogP contribution in [0.3, 0.4) is 0 Å². The van der Waals surface area contributed by atoms with Gasteiger partial charge in [0.25, 0.3) is 0 Å². The largest absolute Gasteiger partial charge is 0.389 e. The third kappa shape index (κ3) is 4.07. The Kier molecular flexibility index (Phi) is 4.55. The van der Waals surface area contributed by atoms with Crippen LogP contribution < -0.4 is 10.6 Å². The molecule has 0 saturated carbocycles. The lowest BCUT2D eigenvalue weighted by molar-refractivity contribution is 0.200. The lowest BCUT2D eigenvalue weighted by Crippen LogP contribution is -2.27. The Bertz CT molecular complexity index is 404. The summed E-state index contributed by atoms with van der Waals surface area (Å²) < 4.78 is 0. The fraction of sp³-hybridized carbons (Fsp3) is 0.214. The molecule has 4 nitrogen and oxygen atoms in total. The van der Waals surface area contributed by atoms with Crippen LogP contribution in [-0.4, -0.2) is 29.3 Å². The molecule has 4 heteroatoms. The van der Waals surface area contributed by atoms with E-state index in [0.29, 0.717) is 13.1 Å². The molecular formula is C14H17N3O. The van der Waals surface area contributed by atoms with Gasteiger partial charge in [-0.3, -0.25) is 0 Å². The van der Waals surface area contributed by atoms with Crippen molar-refractivity contribution < 1.29 is 5.11 Å². The Morgan fingerprint density at radius 3 is 2.39 bits per heavy atom. The topological polar surface area (TPSA) is 57.2 Å². The minimum Gasteiger partial charge on any atom is -0.389 e. The van der Waals surface area contributed by atoms with Crippen molar-refractivity contribution in [3.63, 3.8) is 0 Å². The number of nitrogens with one attached hydrogen (secondary N) is 2. The fourth-order valence-electron chi connectivity index (χ4n) is 1.55. The molecule has 0 amide bonds. The highest BCUT2D eigenvalue weighted by atomic mass is 16.3. The maximum Gasteiger partial charge on any atom is 0.125 e. The van der Waals surface area contributed by atoms with E-state index < -0.39 is 6.10 Å². The molecular weight excluding hydrogens is 226 g/mol. The number of aromatic nitrogens is 1. The zero-order valence-electron chi connectivity index (χ0n) is 10.1.